The van der Waals surface area contributed by atoms with E-state index in [9.17, 15) is 9.59 Å². The number of nitrogens with one attached hydrogen (secondary N) is 1. The van der Waals surface area contributed by atoms with Crippen LogP contribution in [-0.4, -0.2) is 54.7 Å². The molecule has 0 aliphatic carbocycles. The number of nitrogens with zero attached hydrogens (tertiary/aromatic N) is 4. The van der Waals surface area contributed by atoms with E-state index in [-0.39, 0.29) is 0 Å². The second-order valence-electron chi connectivity index (χ2n) is 5.90. The van der Waals surface area contributed by atoms with Gasteiger partial charge in [0, 0.05) is 38.1 Å². The van der Waals surface area contributed by atoms with Crippen LogP contribution in [0.5, 0.6) is 0 Å². The van der Waals surface area contributed by atoms with Crippen LogP contribution < -0.4 is 15.1 Å². The van der Waals surface area contributed by atoms with Crippen LogP contribution in [0.2, 0.25) is 0 Å². The number of para-hydroxylation sites is 1. The average Bonchev–Trinajstić information content (AvgIpc) is 2.73. The summed E-state index contributed by atoms with van der Waals surface area (Å²) in [5.41, 5.74) is 1.86. The molecule has 0 atom stereocenters. The molecule has 0 radical (unpaired) electrons. The number of piperazine rings is 1. The van der Waals surface area contributed by atoms with Gasteiger partial charge in [-0.1, -0.05) is 18.2 Å². The molecule has 1 N–H and O–H groups in total. The van der Waals surface area contributed by atoms with Crippen molar-refractivity contribution >= 4 is 41.8 Å². The van der Waals surface area contributed by atoms with Crippen molar-refractivity contribution in [3.8, 4) is 0 Å². The van der Waals surface area contributed by atoms with Gasteiger partial charge in [0.1, 0.15) is 0 Å². The monoisotopic (exact) mass is 383 g/mol. The summed E-state index contributed by atoms with van der Waals surface area (Å²) in [4.78, 5) is 36.2. The summed E-state index contributed by atoms with van der Waals surface area (Å²) in [5, 5.41) is 2.15. The van der Waals surface area contributed by atoms with Crippen molar-refractivity contribution in [2.45, 2.75) is 0 Å². The van der Waals surface area contributed by atoms with E-state index >= 15 is 0 Å². The van der Waals surface area contributed by atoms with E-state index in [4.69, 9.17) is 0 Å². The van der Waals surface area contributed by atoms with Gasteiger partial charge in [0.25, 0.3) is 5.91 Å². The Morgan fingerprint density at radius 1 is 1.11 bits per heavy atom. The van der Waals surface area contributed by atoms with Gasteiger partial charge in [-0.25, -0.2) is 9.97 Å². The fourth-order valence-electron chi connectivity index (χ4n) is 2.87. The number of hydrogen-bond donors (Lipinski definition) is 1. The van der Waals surface area contributed by atoms with Crippen LogP contribution >= 0.6 is 11.8 Å². The minimum atomic E-state index is -0.436. The third kappa shape index (κ3) is 4.85. The first-order valence-electron chi connectivity index (χ1n) is 8.59. The fraction of sp³-hybridized carbons (Fsp3) is 0.263. The Morgan fingerprint density at radius 3 is 2.48 bits per heavy atom. The highest BCUT2D eigenvalue weighted by molar-refractivity contribution is 8.03. The van der Waals surface area contributed by atoms with Crippen molar-refractivity contribution in [1.29, 1.82) is 0 Å². The minimum absolute atomic E-state index is 0.379. The number of benzene rings is 1. The van der Waals surface area contributed by atoms with Gasteiger partial charge in [-0.05, 0) is 30.5 Å². The molecule has 1 aliphatic heterocycles. The molecule has 0 spiro atoms. The van der Waals surface area contributed by atoms with Crippen molar-refractivity contribution in [2.75, 3.05) is 42.2 Å². The fourth-order valence-corrected chi connectivity index (χ4v) is 3.36. The van der Waals surface area contributed by atoms with Crippen LogP contribution in [0.25, 0.3) is 6.08 Å². The molecule has 1 aliphatic rings. The van der Waals surface area contributed by atoms with Gasteiger partial charge in [0.2, 0.25) is 12.4 Å². The molecule has 1 saturated heterocycles. The maximum absolute atomic E-state index is 11.8. The van der Waals surface area contributed by atoms with Crippen LogP contribution in [-0.2, 0) is 9.59 Å². The van der Waals surface area contributed by atoms with Crippen LogP contribution in [0.3, 0.4) is 0 Å². The summed E-state index contributed by atoms with van der Waals surface area (Å²) in [6, 6.07) is 12.1. The zero-order chi connectivity index (χ0) is 19.1. The predicted molar refractivity (Wildman–Crippen MR) is 109 cm³/mol. The zero-order valence-electron chi connectivity index (χ0n) is 15.0. The van der Waals surface area contributed by atoms with Crippen LogP contribution in [0.4, 0.5) is 11.6 Å². The summed E-state index contributed by atoms with van der Waals surface area (Å²) < 4.78 is 0. The molecule has 1 fully saturated rings. The van der Waals surface area contributed by atoms with Crippen LogP contribution in [0.15, 0.2) is 47.5 Å². The van der Waals surface area contributed by atoms with Gasteiger partial charge < -0.3 is 9.80 Å². The molecule has 2 heterocycles. The first-order chi connectivity index (χ1) is 13.2. The Bertz CT molecular complexity index is 820. The van der Waals surface area contributed by atoms with Crippen molar-refractivity contribution < 1.29 is 9.59 Å². The van der Waals surface area contributed by atoms with E-state index in [1.165, 1.54) is 17.4 Å². The Balaban J connectivity index is 1.69. The molecule has 1 aromatic heterocycles. The second-order valence-corrected chi connectivity index (χ2v) is 6.74. The number of aromatic nitrogens is 2. The molecule has 0 unspecified atom stereocenters. The molecule has 1 aromatic carbocycles. The van der Waals surface area contributed by atoms with E-state index in [1.807, 2.05) is 18.2 Å². The summed E-state index contributed by atoms with van der Waals surface area (Å²) in [6.07, 6.45) is 5.51. The zero-order valence-corrected chi connectivity index (χ0v) is 15.9. The smallest absolute Gasteiger partial charge is 0.264 e. The summed E-state index contributed by atoms with van der Waals surface area (Å²) in [5.74, 6) is 0.210. The number of imide groups is 1. The highest BCUT2D eigenvalue weighted by Gasteiger charge is 2.19. The number of thioether (sulfide) groups is 1. The molecule has 2 amide bonds. The standard InChI is InChI=1S/C19H21N5O2S/c1-27-17(18(26)21-14-25)13-15-7-8-20-19(22-15)24-11-9-23(10-12-24)16-5-3-2-4-6-16/h2-8,13-14H,9-12H2,1H3,(H,21,25,26)/b17-13-. The van der Waals surface area contributed by atoms with Crippen molar-refractivity contribution in [3.05, 3.63) is 53.2 Å². The topological polar surface area (TPSA) is 78.4 Å². The number of rotatable bonds is 6. The maximum atomic E-state index is 11.8. The molecule has 140 valence electrons. The van der Waals surface area contributed by atoms with E-state index in [0.29, 0.717) is 23.0 Å². The second kappa shape index (κ2) is 9.18. The lowest BCUT2D eigenvalue weighted by Gasteiger charge is -2.36. The Morgan fingerprint density at radius 2 is 1.81 bits per heavy atom. The molecule has 2 aromatic rings. The Kier molecular flexibility index (Phi) is 6.43. The number of carbonyl (C=O) groups excluding carboxylic acids is 2. The van der Waals surface area contributed by atoms with E-state index in [1.54, 1.807) is 24.6 Å². The van der Waals surface area contributed by atoms with E-state index in [2.05, 4.69) is 37.2 Å². The van der Waals surface area contributed by atoms with Crippen LogP contribution in [0.1, 0.15) is 5.69 Å². The summed E-state index contributed by atoms with van der Waals surface area (Å²) >= 11 is 1.26. The highest BCUT2D eigenvalue weighted by Crippen LogP contribution is 2.19. The van der Waals surface area contributed by atoms with E-state index in [0.717, 1.165) is 26.2 Å². The largest absolute Gasteiger partial charge is 0.368 e. The normalized spacial score (nSPS) is 14.8. The van der Waals surface area contributed by atoms with Crippen molar-refractivity contribution in [3.63, 3.8) is 0 Å². The molecule has 7 nitrogen and oxygen atoms in total. The summed E-state index contributed by atoms with van der Waals surface area (Å²) in [7, 11) is 0. The SMILES string of the molecule is CS/C(=C\c1ccnc(N2CCN(c3ccccc3)CC2)n1)C(=O)NC=O. The van der Waals surface area contributed by atoms with E-state index < -0.39 is 5.91 Å². The molecule has 0 saturated carbocycles. The molecule has 0 bridgehead atoms. The van der Waals surface area contributed by atoms with Gasteiger partial charge in [-0.2, -0.15) is 0 Å². The Hall–Kier alpha value is -2.87. The molecule has 8 heteroatoms. The average molecular weight is 383 g/mol. The first kappa shape index (κ1) is 18.9. The lowest BCUT2D eigenvalue weighted by Crippen LogP contribution is -2.47. The number of amides is 2. The van der Waals surface area contributed by atoms with Crippen molar-refractivity contribution in [2.24, 2.45) is 0 Å². The molecular formula is C19H21N5O2S. The first-order valence-corrected chi connectivity index (χ1v) is 9.82. The number of carbonyl (C=O) groups is 2. The van der Waals surface area contributed by atoms with Crippen LogP contribution in [0, 0.1) is 0 Å². The third-order valence-corrected chi connectivity index (χ3v) is 5.00. The lowest BCUT2D eigenvalue weighted by atomic mass is 10.2. The molecule has 3 rings (SSSR count). The maximum Gasteiger partial charge on any atom is 0.264 e. The van der Waals surface area contributed by atoms with Gasteiger partial charge in [-0.3, -0.25) is 14.9 Å². The predicted octanol–water partition coefficient (Wildman–Crippen LogP) is 1.78. The van der Waals surface area contributed by atoms with Gasteiger partial charge in [0.15, 0.2) is 0 Å². The van der Waals surface area contributed by atoms with Gasteiger partial charge in [-0.15, -0.1) is 11.8 Å². The highest BCUT2D eigenvalue weighted by atomic mass is 32.2. The quantitative estimate of drug-likeness (QED) is 0.602. The lowest BCUT2D eigenvalue weighted by molar-refractivity contribution is -0.121. The molecular weight excluding hydrogens is 362 g/mol. The van der Waals surface area contributed by atoms with Gasteiger partial charge in [0.05, 0.1) is 10.6 Å². The third-order valence-electron chi connectivity index (χ3n) is 4.26. The Labute approximate surface area is 162 Å². The number of hydrogen-bond acceptors (Lipinski definition) is 7. The van der Waals surface area contributed by atoms with Crippen molar-refractivity contribution in [1.82, 2.24) is 15.3 Å². The minimum Gasteiger partial charge on any atom is -0.368 e. The van der Waals surface area contributed by atoms with Gasteiger partial charge >= 0.3 is 0 Å². The number of anilines is 2. The summed E-state index contributed by atoms with van der Waals surface area (Å²) in [6.45, 7) is 3.43. The molecule has 27 heavy (non-hydrogen) atoms.